The molecule has 2 aliphatic rings. The number of nitrogens with zero attached hydrogens (tertiary/aromatic N) is 2. The van der Waals surface area contributed by atoms with Crippen LogP contribution in [-0.2, 0) is 16.1 Å². The van der Waals surface area contributed by atoms with Crippen molar-refractivity contribution in [3.63, 3.8) is 0 Å². The van der Waals surface area contributed by atoms with Gasteiger partial charge in [-0.2, -0.15) is 0 Å². The number of fused-ring (bicyclic) bond motifs is 1. The lowest BCUT2D eigenvalue weighted by molar-refractivity contribution is -0.139. The summed E-state index contributed by atoms with van der Waals surface area (Å²) in [5, 5.41) is 8.80. The zero-order valence-corrected chi connectivity index (χ0v) is 11.5. The van der Waals surface area contributed by atoms with Gasteiger partial charge in [0, 0.05) is 32.1 Å². The van der Waals surface area contributed by atoms with Gasteiger partial charge >= 0.3 is 5.97 Å². The normalized spacial score (nSPS) is 25.4. The average molecular weight is 292 g/mol. The lowest BCUT2D eigenvalue weighted by Crippen LogP contribution is -2.34. The lowest BCUT2D eigenvalue weighted by Gasteiger charge is -2.20. The highest BCUT2D eigenvalue weighted by molar-refractivity contribution is 5.82. The third-order valence-corrected chi connectivity index (χ3v) is 4.22. The third-order valence-electron chi connectivity index (χ3n) is 4.22. The summed E-state index contributed by atoms with van der Waals surface area (Å²) in [7, 11) is 0. The Kier molecular flexibility index (Phi) is 3.63. The predicted octanol–water partition coefficient (Wildman–Crippen LogP) is 0.800. The number of hydrogen-bond donors (Lipinski definition) is 1. The molecule has 0 bridgehead atoms. The molecular formula is C15H17FN2O3. The molecule has 2 atom stereocenters. The maximum Gasteiger partial charge on any atom is 0.317 e. The van der Waals surface area contributed by atoms with Crippen molar-refractivity contribution in [2.75, 3.05) is 26.2 Å². The molecular weight excluding hydrogens is 275 g/mol. The molecule has 0 spiro atoms. The van der Waals surface area contributed by atoms with Gasteiger partial charge in [-0.3, -0.25) is 14.5 Å². The minimum atomic E-state index is -0.862. The van der Waals surface area contributed by atoms with E-state index >= 15 is 0 Å². The summed E-state index contributed by atoms with van der Waals surface area (Å²) in [6, 6.07) is 6.27. The van der Waals surface area contributed by atoms with Gasteiger partial charge in [0.05, 0.1) is 12.5 Å². The standard InChI is InChI=1S/C15H17FN2O3/c16-12-3-1-2-10(4-12)5-18-7-11-6-17(9-14(19)20)8-13(11)15(18)21/h1-4,11,13H,5-9H2,(H,19,20)/t11-,13-/m0/s1. The zero-order valence-electron chi connectivity index (χ0n) is 11.5. The van der Waals surface area contributed by atoms with Crippen LogP contribution in [0, 0.1) is 17.7 Å². The SMILES string of the molecule is O=C(O)CN1C[C@H]2CN(Cc3cccc(F)c3)C(=O)[C@H]2C1. The highest BCUT2D eigenvalue weighted by atomic mass is 19.1. The number of hydrogen-bond acceptors (Lipinski definition) is 3. The molecule has 0 saturated carbocycles. The van der Waals surface area contributed by atoms with Gasteiger partial charge in [-0.25, -0.2) is 4.39 Å². The van der Waals surface area contributed by atoms with Crippen molar-refractivity contribution >= 4 is 11.9 Å². The van der Waals surface area contributed by atoms with Crippen molar-refractivity contribution < 1.29 is 19.1 Å². The van der Waals surface area contributed by atoms with Gasteiger partial charge in [0.1, 0.15) is 5.82 Å². The molecule has 2 fully saturated rings. The topological polar surface area (TPSA) is 60.9 Å². The van der Waals surface area contributed by atoms with Crippen LogP contribution >= 0.6 is 0 Å². The van der Waals surface area contributed by atoms with Crippen LogP contribution in [0.15, 0.2) is 24.3 Å². The Hall–Kier alpha value is -1.95. The van der Waals surface area contributed by atoms with Crippen LogP contribution < -0.4 is 0 Å². The van der Waals surface area contributed by atoms with E-state index in [1.807, 2.05) is 4.90 Å². The van der Waals surface area contributed by atoms with E-state index < -0.39 is 5.97 Å². The van der Waals surface area contributed by atoms with Crippen molar-refractivity contribution in [2.24, 2.45) is 11.8 Å². The van der Waals surface area contributed by atoms with Crippen LogP contribution in [0.5, 0.6) is 0 Å². The first-order chi connectivity index (χ1) is 10.0. The van der Waals surface area contributed by atoms with E-state index in [1.54, 1.807) is 17.0 Å². The number of halogens is 1. The van der Waals surface area contributed by atoms with Crippen molar-refractivity contribution in [1.29, 1.82) is 0 Å². The van der Waals surface area contributed by atoms with Crippen molar-refractivity contribution in [2.45, 2.75) is 6.54 Å². The summed E-state index contributed by atoms with van der Waals surface area (Å²) in [6.07, 6.45) is 0. The van der Waals surface area contributed by atoms with Crippen LogP contribution in [0.4, 0.5) is 4.39 Å². The van der Waals surface area contributed by atoms with Crippen LogP contribution in [-0.4, -0.2) is 53.0 Å². The Balaban J connectivity index is 1.63. The maximum absolute atomic E-state index is 13.2. The van der Waals surface area contributed by atoms with Gasteiger partial charge in [-0.05, 0) is 17.7 Å². The molecule has 2 saturated heterocycles. The van der Waals surface area contributed by atoms with E-state index in [-0.39, 0.29) is 30.1 Å². The Morgan fingerprint density at radius 1 is 1.33 bits per heavy atom. The van der Waals surface area contributed by atoms with Crippen molar-refractivity contribution in [3.8, 4) is 0 Å². The summed E-state index contributed by atoms with van der Waals surface area (Å²) in [5.41, 5.74) is 0.783. The fraction of sp³-hybridized carbons (Fsp3) is 0.467. The molecule has 2 heterocycles. The number of likely N-dealkylation sites (tertiary alicyclic amines) is 2. The van der Waals surface area contributed by atoms with Gasteiger partial charge in [-0.15, -0.1) is 0 Å². The molecule has 0 radical (unpaired) electrons. The molecule has 2 aliphatic heterocycles. The summed E-state index contributed by atoms with van der Waals surface area (Å²) < 4.78 is 13.2. The van der Waals surface area contributed by atoms with Gasteiger partial charge in [0.15, 0.2) is 0 Å². The molecule has 0 aliphatic carbocycles. The largest absolute Gasteiger partial charge is 0.480 e. The number of carboxylic acids is 1. The number of carboxylic acid groups (broad SMARTS) is 1. The molecule has 21 heavy (non-hydrogen) atoms. The molecule has 6 heteroatoms. The second-order valence-corrected chi connectivity index (χ2v) is 5.80. The first-order valence-electron chi connectivity index (χ1n) is 7.00. The van der Waals surface area contributed by atoms with Crippen LogP contribution in [0.25, 0.3) is 0 Å². The Morgan fingerprint density at radius 3 is 2.81 bits per heavy atom. The van der Waals surface area contributed by atoms with E-state index in [0.29, 0.717) is 26.2 Å². The monoisotopic (exact) mass is 292 g/mol. The van der Waals surface area contributed by atoms with Gasteiger partial charge in [-0.1, -0.05) is 12.1 Å². The molecule has 1 N–H and O–H groups in total. The van der Waals surface area contributed by atoms with E-state index in [9.17, 15) is 14.0 Å². The van der Waals surface area contributed by atoms with Crippen LogP contribution in [0.1, 0.15) is 5.56 Å². The molecule has 1 aromatic rings. The van der Waals surface area contributed by atoms with Gasteiger partial charge < -0.3 is 10.0 Å². The van der Waals surface area contributed by atoms with E-state index in [0.717, 1.165) is 5.56 Å². The quantitative estimate of drug-likeness (QED) is 0.892. The zero-order chi connectivity index (χ0) is 15.0. The Labute approximate surface area is 122 Å². The molecule has 0 unspecified atom stereocenters. The summed E-state index contributed by atoms with van der Waals surface area (Å²) >= 11 is 0. The number of carbonyl (C=O) groups is 2. The molecule has 1 aromatic carbocycles. The summed E-state index contributed by atoms with van der Waals surface area (Å²) in [5.74, 6) is -1.04. The number of benzene rings is 1. The third kappa shape index (κ3) is 2.90. The average Bonchev–Trinajstić information content (AvgIpc) is 2.90. The summed E-state index contributed by atoms with van der Waals surface area (Å²) in [4.78, 5) is 26.7. The highest BCUT2D eigenvalue weighted by Gasteiger charge is 2.46. The fourth-order valence-electron chi connectivity index (χ4n) is 3.35. The van der Waals surface area contributed by atoms with E-state index in [2.05, 4.69) is 0 Å². The smallest absolute Gasteiger partial charge is 0.317 e. The second kappa shape index (κ2) is 5.44. The first kappa shape index (κ1) is 14.0. The molecule has 112 valence electrons. The Morgan fingerprint density at radius 2 is 2.14 bits per heavy atom. The number of carbonyl (C=O) groups excluding carboxylic acids is 1. The minimum Gasteiger partial charge on any atom is -0.480 e. The number of amides is 1. The highest BCUT2D eigenvalue weighted by Crippen LogP contribution is 2.32. The van der Waals surface area contributed by atoms with Crippen LogP contribution in [0.3, 0.4) is 0 Å². The molecule has 3 rings (SSSR count). The molecule has 0 aromatic heterocycles. The summed E-state index contributed by atoms with van der Waals surface area (Å²) in [6.45, 7) is 2.18. The van der Waals surface area contributed by atoms with E-state index in [4.69, 9.17) is 5.11 Å². The number of rotatable bonds is 4. The van der Waals surface area contributed by atoms with Crippen molar-refractivity contribution in [3.05, 3.63) is 35.6 Å². The predicted molar refractivity (Wildman–Crippen MR) is 72.9 cm³/mol. The minimum absolute atomic E-state index is 0.00975. The van der Waals surface area contributed by atoms with Crippen LogP contribution in [0.2, 0.25) is 0 Å². The fourth-order valence-corrected chi connectivity index (χ4v) is 3.35. The first-order valence-corrected chi connectivity index (χ1v) is 7.00. The second-order valence-electron chi connectivity index (χ2n) is 5.80. The molecule has 5 nitrogen and oxygen atoms in total. The van der Waals surface area contributed by atoms with Crippen molar-refractivity contribution in [1.82, 2.24) is 9.80 Å². The Bertz CT molecular complexity index is 578. The maximum atomic E-state index is 13.2. The van der Waals surface area contributed by atoms with E-state index in [1.165, 1.54) is 12.1 Å². The lowest BCUT2D eigenvalue weighted by atomic mass is 10.0. The number of aliphatic carboxylic acids is 1. The molecule has 1 amide bonds. The van der Waals surface area contributed by atoms with Gasteiger partial charge in [0.2, 0.25) is 5.91 Å². The van der Waals surface area contributed by atoms with Gasteiger partial charge in [0.25, 0.3) is 0 Å².